The second-order valence-electron chi connectivity index (χ2n) is 5.25. The molecule has 0 aliphatic carbocycles. The summed E-state index contributed by atoms with van der Waals surface area (Å²) in [5.41, 5.74) is 1.53. The Morgan fingerprint density at radius 2 is 2.19 bits per heavy atom. The van der Waals surface area contributed by atoms with Crippen molar-refractivity contribution >= 4 is 5.69 Å². The van der Waals surface area contributed by atoms with E-state index in [-0.39, 0.29) is 5.92 Å². The van der Waals surface area contributed by atoms with Gasteiger partial charge in [-0.25, -0.2) is 4.98 Å². The Labute approximate surface area is 123 Å². The van der Waals surface area contributed by atoms with Gasteiger partial charge in [0.25, 0.3) is 0 Å². The van der Waals surface area contributed by atoms with Crippen LogP contribution >= 0.6 is 0 Å². The number of imidazole rings is 1. The van der Waals surface area contributed by atoms with Gasteiger partial charge in [0.15, 0.2) is 0 Å². The van der Waals surface area contributed by atoms with Gasteiger partial charge in [-0.3, -0.25) is 4.98 Å². The van der Waals surface area contributed by atoms with E-state index in [1.165, 1.54) is 0 Å². The first kappa shape index (κ1) is 13.6. The largest absolute Gasteiger partial charge is 0.385 e. The number of aliphatic hydroxyl groups is 1. The smallest absolute Gasteiger partial charge is 0.135 e. The van der Waals surface area contributed by atoms with Gasteiger partial charge in [-0.05, 0) is 24.8 Å². The van der Waals surface area contributed by atoms with Crippen LogP contribution in [0.1, 0.15) is 30.3 Å². The Morgan fingerprint density at radius 1 is 1.38 bits per heavy atom. The fourth-order valence-corrected chi connectivity index (χ4v) is 2.85. The Bertz CT molecular complexity index is 626. The number of hydrogen-bond donors (Lipinski definition) is 2. The standard InChI is InChI=1S/C15H17N5O/c16-9-12-1-4-17-10-13(12)20-7-2-11(3-8-20)14(21)15-18-5-6-19-15/h1,4-6,10-11,14,21H,2-3,7-8H2,(H,18,19). The summed E-state index contributed by atoms with van der Waals surface area (Å²) in [5, 5.41) is 19.5. The lowest BCUT2D eigenvalue weighted by molar-refractivity contribution is 0.0857. The van der Waals surface area contributed by atoms with Crippen molar-refractivity contribution in [2.45, 2.75) is 18.9 Å². The van der Waals surface area contributed by atoms with Crippen molar-refractivity contribution in [2.75, 3.05) is 18.0 Å². The lowest BCUT2D eigenvalue weighted by Crippen LogP contribution is -2.36. The molecule has 1 unspecified atom stereocenters. The Balaban J connectivity index is 1.67. The third kappa shape index (κ3) is 2.73. The summed E-state index contributed by atoms with van der Waals surface area (Å²) in [7, 11) is 0. The van der Waals surface area contributed by atoms with Crippen molar-refractivity contribution in [2.24, 2.45) is 5.92 Å². The maximum absolute atomic E-state index is 10.3. The fourth-order valence-electron chi connectivity index (χ4n) is 2.85. The van der Waals surface area contributed by atoms with Gasteiger partial charge in [0.05, 0.1) is 17.4 Å². The van der Waals surface area contributed by atoms with Gasteiger partial charge < -0.3 is 15.0 Å². The number of aromatic nitrogens is 3. The molecule has 1 aliphatic heterocycles. The molecule has 0 radical (unpaired) electrons. The summed E-state index contributed by atoms with van der Waals surface area (Å²) in [5.74, 6) is 0.821. The predicted molar refractivity (Wildman–Crippen MR) is 77.4 cm³/mol. The molecule has 3 heterocycles. The molecule has 2 aromatic heterocycles. The average molecular weight is 283 g/mol. The molecule has 2 N–H and O–H groups in total. The Morgan fingerprint density at radius 3 is 2.86 bits per heavy atom. The molecule has 0 bridgehead atoms. The number of nitriles is 1. The van der Waals surface area contributed by atoms with E-state index in [4.69, 9.17) is 5.26 Å². The summed E-state index contributed by atoms with van der Waals surface area (Å²) in [6.45, 7) is 1.62. The van der Waals surface area contributed by atoms with Crippen molar-refractivity contribution in [1.82, 2.24) is 15.0 Å². The molecule has 3 rings (SSSR count). The third-order valence-corrected chi connectivity index (χ3v) is 4.05. The predicted octanol–water partition coefficient (Wildman–Crippen LogP) is 1.63. The quantitative estimate of drug-likeness (QED) is 0.893. The number of nitrogens with zero attached hydrogens (tertiary/aromatic N) is 4. The van der Waals surface area contributed by atoms with Crippen LogP contribution < -0.4 is 4.90 Å². The van der Waals surface area contributed by atoms with E-state index >= 15 is 0 Å². The van der Waals surface area contributed by atoms with Gasteiger partial charge in [-0.2, -0.15) is 5.26 Å². The van der Waals surface area contributed by atoms with Crippen molar-refractivity contribution in [3.8, 4) is 6.07 Å². The third-order valence-electron chi connectivity index (χ3n) is 4.05. The first-order chi connectivity index (χ1) is 10.3. The zero-order valence-corrected chi connectivity index (χ0v) is 11.6. The number of H-pyrrole nitrogens is 1. The summed E-state index contributed by atoms with van der Waals surface area (Å²) in [6.07, 6.45) is 7.93. The second kappa shape index (κ2) is 5.94. The Hall–Kier alpha value is -2.39. The first-order valence-corrected chi connectivity index (χ1v) is 7.06. The number of nitrogens with one attached hydrogen (secondary N) is 1. The van der Waals surface area contributed by atoms with E-state index in [2.05, 4.69) is 25.9 Å². The van der Waals surface area contributed by atoms with Crippen LogP contribution in [0.15, 0.2) is 30.9 Å². The molecule has 1 aliphatic rings. The highest BCUT2D eigenvalue weighted by Gasteiger charge is 2.28. The lowest BCUT2D eigenvalue weighted by Gasteiger charge is -2.35. The van der Waals surface area contributed by atoms with Gasteiger partial charge in [-0.15, -0.1) is 0 Å². The van der Waals surface area contributed by atoms with Crippen LogP contribution in [-0.4, -0.2) is 33.1 Å². The molecule has 21 heavy (non-hydrogen) atoms. The lowest BCUT2D eigenvalue weighted by atomic mass is 9.90. The SMILES string of the molecule is N#Cc1ccncc1N1CCC(C(O)c2ncc[nH]2)CC1. The molecule has 1 saturated heterocycles. The number of aliphatic hydroxyl groups excluding tert-OH is 1. The minimum atomic E-state index is -0.550. The monoisotopic (exact) mass is 283 g/mol. The molecule has 6 nitrogen and oxygen atoms in total. The molecular formula is C15H17N5O. The van der Waals surface area contributed by atoms with Crippen LogP contribution in [-0.2, 0) is 0 Å². The van der Waals surface area contributed by atoms with E-state index in [0.29, 0.717) is 11.4 Å². The average Bonchev–Trinajstić information content (AvgIpc) is 3.09. The molecule has 108 valence electrons. The number of hydrogen-bond acceptors (Lipinski definition) is 5. The topological polar surface area (TPSA) is 88.8 Å². The van der Waals surface area contributed by atoms with Crippen LogP contribution in [0.2, 0.25) is 0 Å². The van der Waals surface area contributed by atoms with E-state index in [9.17, 15) is 5.11 Å². The van der Waals surface area contributed by atoms with Crippen molar-refractivity contribution in [3.05, 3.63) is 42.2 Å². The van der Waals surface area contributed by atoms with E-state index < -0.39 is 6.10 Å². The molecular weight excluding hydrogens is 266 g/mol. The first-order valence-electron chi connectivity index (χ1n) is 7.06. The van der Waals surface area contributed by atoms with Gasteiger partial charge in [0, 0.05) is 31.7 Å². The van der Waals surface area contributed by atoms with Crippen LogP contribution in [0.25, 0.3) is 0 Å². The highest BCUT2D eigenvalue weighted by atomic mass is 16.3. The van der Waals surface area contributed by atoms with E-state index in [1.54, 1.807) is 30.9 Å². The van der Waals surface area contributed by atoms with Gasteiger partial charge >= 0.3 is 0 Å². The highest BCUT2D eigenvalue weighted by Crippen LogP contribution is 2.31. The minimum absolute atomic E-state index is 0.189. The number of rotatable bonds is 3. The van der Waals surface area contributed by atoms with Crippen LogP contribution in [0.4, 0.5) is 5.69 Å². The number of piperidine rings is 1. The van der Waals surface area contributed by atoms with E-state index in [1.807, 2.05) is 0 Å². The second-order valence-corrected chi connectivity index (χ2v) is 5.25. The molecule has 1 atom stereocenters. The molecule has 1 fully saturated rings. The van der Waals surface area contributed by atoms with Crippen LogP contribution in [0.3, 0.4) is 0 Å². The zero-order valence-electron chi connectivity index (χ0n) is 11.6. The minimum Gasteiger partial charge on any atom is -0.385 e. The van der Waals surface area contributed by atoms with Gasteiger partial charge in [-0.1, -0.05) is 0 Å². The molecule has 2 aromatic rings. The number of aromatic amines is 1. The molecule has 0 spiro atoms. The molecule has 0 saturated carbocycles. The molecule has 0 amide bonds. The van der Waals surface area contributed by atoms with Crippen molar-refractivity contribution < 1.29 is 5.11 Å². The van der Waals surface area contributed by atoms with Crippen LogP contribution in [0.5, 0.6) is 0 Å². The summed E-state index contributed by atoms with van der Waals surface area (Å²) < 4.78 is 0. The summed E-state index contributed by atoms with van der Waals surface area (Å²) in [6, 6.07) is 3.94. The Kier molecular flexibility index (Phi) is 3.84. The van der Waals surface area contributed by atoms with Gasteiger partial charge in [0.1, 0.15) is 18.0 Å². The van der Waals surface area contributed by atoms with Crippen molar-refractivity contribution in [3.63, 3.8) is 0 Å². The maximum Gasteiger partial charge on any atom is 0.135 e. The van der Waals surface area contributed by atoms with E-state index in [0.717, 1.165) is 31.6 Å². The van der Waals surface area contributed by atoms with Gasteiger partial charge in [0.2, 0.25) is 0 Å². The summed E-state index contributed by atoms with van der Waals surface area (Å²) in [4.78, 5) is 13.4. The molecule has 0 aromatic carbocycles. The molecule has 6 heteroatoms. The number of pyridine rings is 1. The fraction of sp³-hybridized carbons (Fsp3) is 0.400. The number of anilines is 1. The zero-order chi connectivity index (χ0) is 14.7. The van der Waals surface area contributed by atoms with Crippen molar-refractivity contribution in [1.29, 1.82) is 5.26 Å². The normalized spacial score (nSPS) is 17.4. The maximum atomic E-state index is 10.3. The summed E-state index contributed by atoms with van der Waals surface area (Å²) >= 11 is 0. The van der Waals surface area contributed by atoms with Crippen LogP contribution in [0, 0.1) is 17.2 Å². The highest BCUT2D eigenvalue weighted by molar-refractivity contribution is 5.57.